The van der Waals surface area contributed by atoms with Gasteiger partial charge in [0.1, 0.15) is 0 Å². The summed E-state index contributed by atoms with van der Waals surface area (Å²) >= 11 is 6.36. The Balaban J connectivity index is 1.67. The Morgan fingerprint density at radius 1 is 1.15 bits per heavy atom. The number of benzene rings is 1. The van der Waals surface area contributed by atoms with Crippen molar-refractivity contribution in [3.05, 3.63) is 22.7 Å². The van der Waals surface area contributed by atoms with Gasteiger partial charge in [0.25, 0.3) is 5.91 Å². The van der Waals surface area contributed by atoms with E-state index in [9.17, 15) is 9.59 Å². The number of hydrogen-bond acceptors (Lipinski definition) is 4. The fraction of sp³-hybridized carbons (Fsp3) is 0.600. The zero-order chi connectivity index (χ0) is 19.6. The summed E-state index contributed by atoms with van der Waals surface area (Å²) in [6.07, 6.45) is 2.00. The molecule has 2 aliphatic rings. The SMILES string of the molecule is COc1cc(C(=O)N2CCN(C(=O)C3CC3)CC2)cc(Cl)c1OCC(C)C. The predicted octanol–water partition coefficient (Wildman–Crippen LogP) is 3.08. The average Bonchev–Trinajstić information content (AvgIpc) is 3.50. The Bertz CT molecular complexity index is 710. The van der Waals surface area contributed by atoms with E-state index in [2.05, 4.69) is 0 Å². The maximum Gasteiger partial charge on any atom is 0.254 e. The highest BCUT2D eigenvalue weighted by Crippen LogP contribution is 2.37. The predicted molar refractivity (Wildman–Crippen MR) is 104 cm³/mol. The van der Waals surface area contributed by atoms with Gasteiger partial charge in [-0.2, -0.15) is 0 Å². The molecule has 2 fully saturated rings. The van der Waals surface area contributed by atoms with Gasteiger partial charge < -0.3 is 19.3 Å². The molecule has 0 unspecified atom stereocenters. The van der Waals surface area contributed by atoms with E-state index in [0.29, 0.717) is 60.8 Å². The number of amides is 2. The maximum atomic E-state index is 12.9. The van der Waals surface area contributed by atoms with Crippen molar-refractivity contribution in [3.63, 3.8) is 0 Å². The van der Waals surface area contributed by atoms with Crippen molar-refractivity contribution in [1.29, 1.82) is 0 Å². The molecule has 1 aromatic rings. The van der Waals surface area contributed by atoms with E-state index in [4.69, 9.17) is 21.1 Å². The molecule has 0 radical (unpaired) electrons. The van der Waals surface area contributed by atoms with Crippen LogP contribution in [0.4, 0.5) is 0 Å². The normalized spacial score (nSPS) is 17.2. The van der Waals surface area contributed by atoms with Crippen molar-refractivity contribution in [1.82, 2.24) is 9.80 Å². The number of rotatable bonds is 6. The second-order valence-electron chi connectivity index (χ2n) is 7.59. The zero-order valence-corrected chi connectivity index (χ0v) is 16.9. The third-order valence-electron chi connectivity index (χ3n) is 4.84. The molecule has 0 bridgehead atoms. The minimum atomic E-state index is -0.107. The van der Waals surface area contributed by atoms with E-state index in [1.54, 1.807) is 17.0 Å². The summed E-state index contributed by atoms with van der Waals surface area (Å²) in [6.45, 7) is 6.84. The first-order chi connectivity index (χ1) is 12.9. The van der Waals surface area contributed by atoms with Gasteiger partial charge in [0.05, 0.1) is 18.7 Å². The molecule has 1 aliphatic carbocycles. The lowest BCUT2D eigenvalue weighted by Crippen LogP contribution is -2.51. The second kappa shape index (κ2) is 8.38. The Hall–Kier alpha value is -1.95. The van der Waals surface area contributed by atoms with Gasteiger partial charge in [-0.25, -0.2) is 0 Å². The number of nitrogens with zero attached hydrogens (tertiary/aromatic N) is 2. The summed E-state index contributed by atoms with van der Waals surface area (Å²) < 4.78 is 11.1. The number of carbonyl (C=O) groups excluding carboxylic acids is 2. The number of hydrogen-bond donors (Lipinski definition) is 0. The Labute approximate surface area is 165 Å². The van der Waals surface area contributed by atoms with Gasteiger partial charge >= 0.3 is 0 Å². The van der Waals surface area contributed by atoms with E-state index >= 15 is 0 Å². The van der Waals surface area contributed by atoms with Crippen molar-refractivity contribution < 1.29 is 19.1 Å². The van der Waals surface area contributed by atoms with Gasteiger partial charge in [-0.3, -0.25) is 9.59 Å². The molecular weight excluding hydrogens is 368 g/mol. The third-order valence-corrected chi connectivity index (χ3v) is 5.12. The summed E-state index contributed by atoms with van der Waals surface area (Å²) in [6, 6.07) is 3.30. The number of methoxy groups -OCH3 is 1. The summed E-state index contributed by atoms with van der Waals surface area (Å²) in [5.74, 6) is 1.61. The van der Waals surface area contributed by atoms with E-state index in [1.807, 2.05) is 18.7 Å². The van der Waals surface area contributed by atoms with Crippen LogP contribution in [0.15, 0.2) is 12.1 Å². The molecule has 2 amide bonds. The van der Waals surface area contributed by atoms with Crippen LogP contribution >= 0.6 is 11.6 Å². The molecule has 0 N–H and O–H groups in total. The number of carbonyl (C=O) groups is 2. The monoisotopic (exact) mass is 394 g/mol. The quantitative estimate of drug-likeness (QED) is 0.744. The topological polar surface area (TPSA) is 59.1 Å². The Morgan fingerprint density at radius 2 is 1.78 bits per heavy atom. The van der Waals surface area contributed by atoms with Crippen molar-refractivity contribution in [3.8, 4) is 11.5 Å². The van der Waals surface area contributed by atoms with Gasteiger partial charge in [-0.05, 0) is 30.9 Å². The lowest BCUT2D eigenvalue weighted by atomic mass is 10.1. The number of halogens is 1. The second-order valence-corrected chi connectivity index (χ2v) is 7.99. The highest BCUT2D eigenvalue weighted by molar-refractivity contribution is 6.32. The average molecular weight is 395 g/mol. The van der Waals surface area contributed by atoms with Crippen LogP contribution in [0.2, 0.25) is 5.02 Å². The smallest absolute Gasteiger partial charge is 0.254 e. The fourth-order valence-corrected chi connectivity index (χ4v) is 3.40. The van der Waals surface area contributed by atoms with Crippen LogP contribution in [0, 0.1) is 11.8 Å². The molecule has 6 nitrogen and oxygen atoms in total. The van der Waals surface area contributed by atoms with Gasteiger partial charge in [0, 0.05) is 37.7 Å². The van der Waals surface area contributed by atoms with Crippen LogP contribution in [-0.4, -0.2) is 61.5 Å². The van der Waals surface area contributed by atoms with Gasteiger partial charge in [0.2, 0.25) is 5.91 Å². The molecule has 1 heterocycles. The van der Waals surface area contributed by atoms with E-state index in [0.717, 1.165) is 12.8 Å². The molecule has 3 rings (SSSR count). The van der Waals surface area contributed by atoms with Crippen LogP contribution in [0.5, 0.6) is 11.5 Å². The summed E-state index contributed by atoms with van der Waals surface area (Å²) in [5.41, 5.74) is 0.468. The summed E-state index contributed by atoms with van der Waals surface area (Å²) in [4.78, 5) is 28.7. The lowest BCUT2D eigenvalue weighted by molar-refractivity contribution is -0.134. The largest absolute Gasteiger partial charge is 0.493 e. The number of ether oxygens (including phenoxy) is 2. The van der Waals surface area contributed by atoms with Gasteiger partial charge in [-0.15, -0.1) is 0 Å². The molecule has 1 aromatic carbocycles. The Kier molecular flexibility index (Phi) is 6.15. The van der Waals surface area contributed by atoms with Crippen molar-refractivity contribution in [2.45, 2.75) is 26.7 Å². The highest BCUT2D eigenvalue weighted by atomic mass is 35.5. The fourth-order valence-electron chi connectivity index (χ4n) is 3.13. The molecule has 0 atom stereocenters. The van der Waals surface area contributed by atoms with Crippen LogP contribution in [-0.2, 0) is 4.79 Å². The standard InChI is InChI=1S/C20H27ClN2O4/c1-13(2)12-27-18-16(21)10-15(11-17(18)26-3)20(25)23-8-6-22(7-9-23)19(24)14-4-5-14/h10-11,13-14H,4-9,12H2,1-3H3. The van der Waals surface area contributed by atoms with Gasteiger partial charge in [-0.1, -0.05) is 25.4 Å². The highest BCUT2D eigenvalue weighted by Gasteiger charge is 2.35. The number of piperazine rings is 1. The van der Waals surface area contributed by atoms with Gasteiger partial charge in [0.15, 0.2) is 11.5 Å². The van der Waals surface area contributed by atoms with Crippen LogP contribution in [0.1, 0.15) is 37.0 Å². The summed E-state index contributed by atoms with van der Waals surface area (Å²) in [5, 5.41) is 0.362. The molecule has 148 valence electrons. The van der Waals surface area contributed by atoms with E-state index < -0.39 is 0 Å². The van der Waals surface area contributed by atoms with Crippen molar-refractivity contribution in [2.24, 2.45) is 11.8 Å². The minimum Gasteiger partial charge on any atom is -0.493 e. The molecule has 27 heavy (non-hydrogen) atoms. The van der Waals surface area contributed by atoms with Crippen molar-refractivity contribution >= 4 is 23.4 Å². The molecule has 0 aromatic heterocycles. The molecule has 1 saturated heterocycles. The first-order valence-corrected chi connectivity index (χ1v) is 9.87. The summed E-state index contributed by atoms with van der Waals surface area (Å²) in [7, 11) is 1.53. The minimum absolute atomic E-state index is 0.107. The van der Waals surface area contributed by atoms with Crippen LogP contribution in [0.25, 0.3) is 0 Å². The zero-order valence-electron chi connectivity index (χ0n) is 16.2. The Morgan fingerprint density at radius 3 is 2.33 bits per heavy atom. The van der Waals surface area contributed by atoms with Crippen LogP contribution < -0.4 is 9.47 Å². The molecule has 7 heteroatoms. The van der Waals surface area contributed by atoms with E-state index in [-0.39, 0.29) is 17.7 Å². The molecule has 0 spiro atoms. The third kappa shape index (κ3) is 4.67. The molecule has 1 aliphatic heterocycles. The van der Waals surface area contributed by atoms with Crippen LogP contribution in [0.3, 0.4) is 0 Å². The first-order valence-electron chi connectivity index (χ1n) is 9.49. The maximum absolute atomic E-state index is 12.9. The molecular formula is C20H27ClN2O4. The molecule has 1 saturated carbocycles. The van der Waals surface area contributed by atoms with E-state index in [1.165, 1.54) is 7.11 Å². The van der Waals surface area contributed by atoms with Crippen molar-refractivity contribution in [2.75, 3.05) is 39.9 Å². The lowest BCUT2D eigenvalue weighted by Gasteiger charge is -2.35. The first kappa shape index (κ1) is 19.8.